The van der Waals surface area contributed by atoms with E-state index in [-0.39, 0.29) is 22.9 Å². The summed E-state index contributed by atoms with van der Waals surface area (Å²) in [7, 11) is -2.58. The van der Waals surface area contributed by atoms with Gasteiger partial charge in [-0.25, -0.2) is 13.8 Å². The summed E-state index contributed by atoms with van der Waals surface area (Å²) in [5.41, 5.74) is 3.34. The zero-order chi connectivity index (χ0) is 23.8. The first kappa shape index (κ1) is 24.2. The van der Waals surface area contributed by atoms with E-state index in [2.05, 4.69) is 10.5 Å². The Labute approximate surface area is 197 Å². The van der Waals surface area contributed by atoms with Crippen molar-refractivity contribution in [3.05, 3.63) is 88.9 Å². The third-order valence-electron chi connectivity index (χ3n) is 4.62. The van der Waals surface area contributed by atoms with E-state index in [0.717, 1.165) is 4.31 Å². The molecular formula is C23H22ClN3O5S. The number of phenols is 1. The molecule has 33 heavy (non-hydrogen) atoms. The molecule has 0 radical (unpaired) electrons. The molecule has 0 aliphatic heterocycles. The maximum atomic E-state index is 13.2. The number of hydrazone groups is 1. The minimum absolute atomic E-state index is 0.0143. The van der Waals surface area contributed by atoms with Gasteiger partial charge in [0.15, 0.2) is 11.5 Å². The predicted molar refractivity (Wildman–Crippen MR) is 126 cm³/mol. The average molecular weight is 488 g/mol. The number of amides is 1. The van der Waals surface area contributed by atoms with Gasteiger partial charge in [-0.3, -0.25) is 4.79 Å². The number of sulfonamides is 1. The monoisotopic (exact) mass is 487 g/mol. The second-order valence-corrected chi connectivity index (χ2v) is 9.28. The fraction of sp³-hybridized carbons (Fsp3) is 0.130. The van der Waals surface area contributed by atoms with E-state index in [1.807, 2.05) is 6.07 Å². The molecule has 0 saturated heterocycles. The third kappa shape index (κ3) is 6.32. The van der Waals surface area contributed by atoms with E-state index < -0.39 is 22.5 Å². The number of aromatic hydroxyl groups is 1. The van der Waals surface area contributed by atoms with Gasteiger partial charge in [-0.2, -0.15) is 9.41 Å². The Bertz CT molecular complexity index is 1230. The number of carbonyl (C=O) groups is 1. The van der Waals surface area contributed by atoms with Crippen molar-refractivity contribution < 1.29 is 23.1 Å². The maximum Gasteiger partial charge on any atom is 0.255 e. The van der Waals surface area contributed by atoms with Gasteiger partial charge in [0, 0.05) is 17.1 Å². The highest BCUT2D eigenvalue weighted by Crippen LogP contribution is 2.28. The highest BCUT2D eigenvalue weighted by atomic mass is 35.5. The molecule has 0 unspecified atom stereocenters. The van der Waals surface area contributed by atoms with Gasteiger partial charge in [0.1, 0.15) is 0 Å². The first-order valence-corrected chi connectivity index (χ1v) is 11.6. The summed E-state index contributed by atoms with van der Waals surface area (Å²) in [4.78, 5) is 12.5. The molecule has 8 nitrogen and oxygen atoms in total. The molecule has 0 aliphatic rings. The lowest BCUT2D eigenvalue weighted by molar-refractivity contribution is -0.121. The molecule has 0 aliphatic carbocycles. The van der Waals surface area contributed by atoms with Crippen LogP contribution in [-0.2, 0) is 21.4 Å². The van der Waals surface area contributed by atoms with Crippen LogP contribution in [-0.4, -0.2) is 43.6 Å². The molecule has 2 N–H and O–H groups in total. The summed E-state index contributed by atoms with van der Waals surface area (Å²) in [5.74, 6) is -0.524. The number of phenolic OH excluding ortho intramolecular Hbond substituents is 1. The van der Waals surface area contributed by atoms with Gasteiger partial charge in [-0.05, 0) is 42.0 Å². The van der Waals surface area contributed by atoms with Crippen molar-refractivity contribution in [2.45, 2.75) is 11.4 Å². The van der Waals surface area contributed by atoms with Gasteiger partial charge in [-0.1, -0.05) is 48.0 Å². The van der Waals surface area contributed by atoms with Crippen LogP contribution in [0.15, 0.2) is 82.8 Å². The average Bonchev–Trinajstić information content (AvgIpc) is 2.81. The van der Waals surface area contributed by atoms with Crippen molar-refractivity contribution in [3.63, 3.8) is 0 Å². The predicted octanol–water partition coefficient (Wildman–Crippen LogP) is 3.40. The van der Waals surface area contributed by atoms with Gasteiger partial charge in [-0.15, -0.1) is 0 Å². The van der Waals surface area contributed by atoms with Crippen molar-refractivity contribution in [3.8, 4) is 11.5 Å². The van der Waals surface area contributed by atoms with E-state index >= 15 is 0 Å². The highest BCUT2D eigenvalue weighted by molar-refractivity contribution is 7.89. The molecule has 10 heteroatoms. The lowest BCUT2D eigenvalue weighted by Gasteiger charge is -2.21. The first-order valence-electron chi connectivity index (χ1n) is 9.79. The Morgan fingerprint density at radius 3 is 2.45 bits per heavy atom. The largest absolute Gasteiger partial charge is 0.504 e. The fourth-order valence-corrected chi connectivity index (χ4v) is 4.46. The van der Waals surface area contributed by atoms with Crippen molar-refractivity contribution in [2.24, 2.45) is 5.10 Å². The number of para-hydroxylation sites is 1. The molecule has 0 saturated carbocycles. The number of hydrogen-bond acceptors (Lipinski definition) is 6. The second-order valence-electron chi connectivity index (χ2n) is 6.90. The molecular weight excluding hydrogens is 466 g/mol. The van der Waals surface area contributed by atoms with Gasteiger partial charge < -0.3 is 9.84 Å². The SMILES string of the molecule is COc1cccc(/C=N/NC(=O)CN(Cc2ccccc2)S(=O)(=O)c2ccc(Cl)cc2)c1O. The topological polar surface area (TPSA) is 108 Å². The van der Waals surface area contributed by atoms with Crippen molar-refractivity contribution in [1.82, 2.24) is 9.73 Å². The number of carbonyl (C=O) groups excluding carboxylic acids is 1. The summed E-state index contributed by atoms with van der Waals surface area (Å²) in [6, 6.07) is 19.5. The lowest BCUT2D eigenvalue weighted by atomic mass is 10.2. The van der Waals surface area contributed by atoms with Gasteiger partial charge >= 0.3 is 0 Å². The molecule has 0 heterocycles. The molecule has 0 aromatic heterocycles. The van der Waals surface area contributed by atoms with Gasteiger partial charge in [0.25, 0.3) is 5.91 Å². The molecule has 172 valence electrons. The van der Waals surface area contributed by atoms with E-state index in [4.69, 9.17) is 16.3 Å². The molecule has 0 atom stereocenters. The zero-order valence-corrected chi connectivity index (χ0v) is 19.3. The van der Waals surface area contributed by atoms with Crippen LogP contribution in [0.4, 0.5) is 0 Å². The van der Waals surface area contributed by atoms with Crippen LogP contribution in [0.5, 0.6) is 11.5 Å². The standard InChI is InChI=1S/C23H22ClN3O5S/c1-32-21-9-5-8-18(23(21)29)14-25-26-22(28)16-27(15-17-6-3-2-4-7-17)33(30,31)20-12-10-19(24)11-13-20/h2-14,29H,15-16H2,1H3,(H,26,28)/b25-14+. The fourth-order valence-electron chi connectivity index (χ4n) is 2.95. The molecule has 3 rings (SSSR count). The Morgan fingerprint density at radius 1 is 1.09 bits per heavy atom. The van der Waals surface area contributed by atoms with Crippen LogP contribution in [0.25, 0.3) is 0 Å². The molecule has 1 amide bonds. The Kier molecular flexibility index (Phi) is 8.05. The molecule has 3 aromatic carbocycles. The number of halogens is 1. The summed E-state index contributed by atoms with van der Waals surface area (Å²) >= 11 is 5.88. The molecule has 0 bridgehead atoms. The van der Waals surface area contributed by atoms with E-state index in [0.29, 0.717) is 16.1 Å². The number of hydrogen-bond donors (Lipinski definition) is 2. The van der Waals surface area contributed by atoms with Crippen LogP contribution in [0.1, 0.15) is 11.1 Å². The van der Waals surface area contributed by atoms with Gasteiger partial charge in [0.05, 0.1) is 24.8 Å². The number of ether oxygens (including phenoxy) is 1. The highest BCUT2D eigenvalue weighted by Gasteiger charge is 2.27. The van der Waals surface area contributed by atoms with Crippen LogP contribution in [0.2, 0.25) is 5.02 Å². The number of nitrogens with zero attached hydrogens (tertiary/aromatic N) is 2. The Balaban J connectivity index is 1.78. The van der Waals surface area contributed by atoms with Crippen LogP contribution in [0.3, 0.4) is 0 Å². The summed E-state index contributed by atoms with van der Waals surface area (Å²) in [6.45, 7) is -0.485. The smallest absolute Gasteiger partial charge is 0.255 e. The molecule has 3 aromatic rings. The van der Waals surface area contributed by atoms with Crippen LogP contribution < -0.4 is 10.2 Å². The lowest BCUT2D eigenvalue weighted by Crippen LogP contribution is -2.39. The van der Waals surface area contributed by atoms with E-state index in [1.54, 1.807) is 42.5 Å². The number of benzene rings is 3. The molecule has 0 spiro atoms. The minimum Gasteiger partial charge on any atom is -0.504 e. The van der Waals surface area contributed by atoms with Crippen molar-refractivity contribution >= 4 is 33.7 Å². The summed E-state index contributed by atoms with van der Waals surface area (Å²) in [6.07, 6.45) is 1.24. The van der Waals surface area contributed by atoms with Crippen LogP contribution >= 0.6 is 11.6 Å². The number of methoxy groups -OCH3 is 1. The van der Waals surface area contributed by atoms with Gasteiger partial charge in [0.2, 0.25) is 10.0 Å². The minimum atomic E-state index is -4.00. The normalized spacial score (nSPS) is 11.6. The number of nitrogens with one attached hydrogen (secondary N) is 1. The van der Waals surface area contributed by atoms with Crippen molar-refractivity contribution in [1.29, 1.82) is 0 Å². The Hall–Kier alpha value is -3.40. The van der Waals surface area contributed by atoms with E-state index in [9.17, 15) is 18.3 Å². The summed E-state index contributed by atoms with van der Waals surface area (Å²) < 4.78 is 32.5. The molecule has 0 fully saturated rings. The maximum absolute atomic E-state index is 13.2. The third-order valence-corrected chi connectivity index (χ3v) is 6.67. The van der Waals surface area contributed by atoms with Crippen molar-refractivity contribution in [2.75, 3.05) is 13.7 Å². The first-order chi connectivity index (χ1) is 15.8. The quantitative estimate of drug-likeness (QED) is 0.355. The zero-order valence-electron chi connectivity index (χ0n) is 17.7. The Morgan fingerprint density at radius 2 is 1.79 bits per heavy atom. The van der Waals surface area contributed by atoms with E-state index in [1.165, 1.54) is 37.6 Å². The van der Waals surface area contributed by atoms with Crippen LogP contribution in [0, 0.1) is 0 Å². The number of rotatable bonds is 9. The summed E-state index contributed by atoms with van der Waals surface area (Å²) in [5, 5.41) is 14.3. The second kappa shape index (κ2) is 11.0.